The molecule has 0 bridgehead atoms. The average molecular weight is 612 g/mol. The van der Waals surface area contributed by atoms with Crippen LogP contribution in [0.1, 0.15) is 17.9 Å². The number of aliphatic hydroxyl groups is 1. The quantitative estimate of drug-likeness (QED) is 0.113. The molecule has 1 heterocycles. The Morgan fingerprint density at radius 1 is 0.930 bits per heavy atom. The number of ether oxygens (including phenoxy) is 3. The molecule has 0 aromatic heterocycles. The zero-order valence-electron chi connectivity index (χ0n) is 23.2. The number of thioether (sulfide) groups is 1. The predicted octanol–water partition coefficient (Wildman–Crippen LogP) is 6.58. The van der Waals surface area contributed by atoms with Crippen LogP contribution in [0.15, 0.2) is 102 Å². The molecule has 4 unspecified atom stereocenters. The Bertz CT molecular complexity index is 1490. The van der Waals surface area contributed by atoms with Crippen molar-refractivity contribution in [1.82, 2.24) is 5.32 Å². The van der Waals surface area contributed by atoms with E-state index in [4.69, 9.17) is 9.47 Å². The van der Waals surface area contributed by atoms with Crippen molar-refractivity contribution in [3.63, 3.8) is 0 Å². The summed E-state index contributed by atoms with van der Waals surface area (Å²) in [6, 6.07) is 30.1. The summed E-state index contributed by atoms with van der Waals surface area (Å²) in [6.07, 6.45) is -7.71. The highest BCUT2D eigenvalue weighted by molar-refractivity contribution is 7.99. The number of aliphatic hydroxyl groups excluding tert-OH is 1. The second-order valence-corrected chi connectivity index (χ2v) is 11.4. The van der Waals surface area contributed by atoms with Crippen molar-refractivity contribution in [2.24, 2.45) is 5.92 Å². The van der Waals surface area contributed by atoms with E-state index < -0.39 is 24.5 Å². The number of benzene rings is 4. The number of carbonyl (C=O) groups excluding carboxylic acids is 1. The molecule has 1 aliphatic heterocycles. The van der Waals surface area contributed by atoms with Crippen LogP contribution in [-0.4, -0.2) is 55.1 Å². The van der Waals surface area contributed by atoms with Gasteiger partial charge in [-0.05, 0) is 71.6 Å². The van der Waals surface area contributed by atoms with Gasteiger partial charge in [-0.25, -0.2) is 4.79 Å². The van der Waals surface area contributed by atoms with Crippen molar-refractivity contribution in [2.75, 3.05) is 25.4 Å². The van der Waals surface area contributed by atoms with E-state index >= 15 is 0 Å². The van der Waals surface area contributed by atoms with Gasteiger partial charge < -0.3 is 24.6 Å². The Balaban J connectivity index is 1.24. The van der Waals surface area contributed by atoms with Crippen molar-refractivity contribution in [2.45, 2.75) is 35.8 Å². The van der Waals surface area contributed by atoms with Gasteiger partial charge in [0.15, 0.2) is 0 Å². The summed E-state index contributed by atoms with van der Waals surface area (Å²) in [7, 11) is 0. The third kappa shape index (κ3) is 8.43. The lowest BCUT2D eigenvalue weighted by Gasteiger charge is -2.32. The van der Waals surface area contributed by atoms with Gasteiger partial charge in [-0.1, -0.05) is 60.7 Å². The maximum Gasteiger partial charge on any atom is 0.491 e. The third-order valence-electron chi connectivity index (χ3n) is 7.29. The molecule has 0 spiro atoms. The van der Waals surface area contributed by atoms with Gasteiger partial charge in [0, 0.05) is 23.1 Å². The molecule has 6 nitrogen and oxygen atoms in total. The first-order chi connectivity index (χ1) is 20.8. The maximum atomic E-state index is 13.0. The van der Waals surface area contributed by atoms with Gasteiger partial charge in [0.1, 0.15) is 17.6 Å². The van der Waals surface area contributed by atoms with E-state index in [2.05, 4.69) is 16.1 Å². The number of carbonyl (C=O) groups is 1. The molecule has 4 aromatic rings. The van der Waals surface area contributed by atoms with Crippen molar-refractivity contribution in [1.29, 1.82) is 0 Å². The molecule has 0 amide bonds. The SMILES string of the molecule is O=C(OC(Oc1ccc(C2CCNCC2COc2ccc3ccccc3c2)cc1)C(O)CSc1ccccc1)C(F)(F)F. The van der Waals surface area contributed by atoms with Crippen LogP contribution in [-0.2, 0) is 9.53 Å². The van der Waals surface area contributed by atoms with E-state index in [1.54, 1.807) is 36.4 Å². The summed E-state index contributed by atoms with van der Waals surface area (Å²) in [5.41, 5.74) is 1.03. The molecule has 4 atom stereocenters. The van der Waals surface area contributed by atoms with E-state index in [1.165, 1.54) is 11.8 Å². The summed E-state index contributed by atoms with van der Waals surface area (Å²) >= 11 is 1.21. The van der Waals surface area contributed by atoms with E-state index in [9.17, 15) is 23.1 Å². The van der Waals surface area contributed by atoms with Gasteiger partial charge >= 0.3 is 12.1 Å². The Labute approximate surface area is 252 Å². The maximum absolute atomic E-state index is 13.0. The fourth-order valence-electron chi connectivity index (χ4n) is 5.06. The van der Waals surface area contributed by atoms with Crippen molar-refractivity contribution in [3.8, 4) is 11.5 Å². The summed E-state index contributed by atoms with van der Waals surface area (Å²) in [6.45, 7) is 2.13. The van der Waals surface area contributed by atoms with Crippen LogP contribution < -0.4 is 14.8 Å². The van der Waals surface area contributed by atoms with E-state index in [0.717, 1.165) is 46.5 Å². The van der Waals surface area contributed by atoms with Crippen molar-refractivity contribution < 1.29 is 37.3 Å². The fourth-order valence-corrected chi connectivity index (χ4v) is 5.93. The zero-order chi connectivity index (χ0) is 30.2. The van der Waals surface area contributed by atoms with Crippen LogP contribution in [0.2, 0.25) is 0 Å². The first-order valence-electron chi connectivity index (χ1n) is 14.0. The van der Waals surface area contributed by atoms with E-state index in [-0.39, 0.29) is 23.3 Å². The monoisotopic (exact) mass is 611 g/mol. The molecule has 1 fully saturated rings. The smallest absolute Gasteiger partial charge is 0.491 e. The average Bonchev–Trinajstić information content (AvgIpc) is 3.02. The minimum atomic E-state index is -5.23. The van der Waals surface area contributed by atoms with Crippen LogP contribution in [0.5, 0.6) is 11.5 Å². The molecule has 0 saturated carbocycles. The number of nitrogens with one attached hydrogen (secondary N) is 1. The van der Waals surface area contributed by atoms with Crippen LogP contribution in [0.25, 0.3) is 10.8 Å². The molecule has 5 rings (SSSR count). The van der Waals surface area contributed by atoms with Crippen LogP contribution in [0, 0.1) is 5.92 Å². The Morgan fingerprint density at radius 2 is 1.63 bits per heavy atom. The molecular formula is C33H32F3NO5S. The first-order valence-corrected chi connectivity index (χ1v) is 15.0. The highest BCUT2D eigenvalue weighted by atomic mass is 32.2. The molecule has 0 radical (unpaired) electrons. The first kappa shape index (κ1) is 30.7. The fraction of sp³-hybridized carbons (Fsp3) is 0.303. The second kappa shape index (κ2) is 14.2. The minimum Gasteiger partial charge on any atom is -0.493 e. The highest BCUT2D eigenvalue weighted by Gasteiger charge is 2.44. The molecular weight excluding hydrogens is 579 g/mol. The number of halogens is 3. The number of rotatable bonds is 11. The number of esters is 1. The largest absolute Gasteiger partial charge is 0.493 e. The van der Waals surface area contributed by atoms with Gasteiger partial charge in [-0.3, -0.25) is 0 Å². The van der Waals surface area contributed by atoms with Crippen LogP contribution in [0.4, 0.5) is 13.2 Å². The summed E-state index contributed by atoms with van der Waals surface area (Å²) in [5.74, 6) is -1.14. The van der Waals surface area contributed by atoms with E-state index in [0.29, 0.717) is 6.61 Å². The summed E-state index contributed by atoms with van der Waals surface area (Å²) in [4.78, 5) is 12.4. The highest BCUT2D eigenvalue weighted by Crippen LogP contribution is 2.33. The molecule has 10 heteroatoms. The Hall–Kier alpha value is -3.73. The molecule has 226 valence electrons. The van der Waals surface area contributed by atoms with Gasteiger partial charge in [0.2, 0.25) is 0 Å². The Morgan fingerprint density at radius 3 is 2.37 bits per heavy atom. The Kier molecular flexibility index (Phi) is 10.1. The number of fused-ring (bicyclic) bond motifs is 1. The lowest BCUT2D eigenvalue weighted by Crippen LogP contribution is -2.41. The van der Waals surface area contributed by atoms with Gasteiger partial charge in [0.25, 0.3) is 6.29 Å². The van der Waals surface area contributed by atoms with Gasteiger partial charge in [-0.2, -0.15) is 13.2 Å². The second-order valence-electron chi connectivity index (χ2n) is 10.3. The van der Waals surface area contributed by atoms with Crippen LogP contribution >= 0.6 is 11.8 Å². The third-order valence-corrected chi connectivity index (χ3v) is 8.40. The number of hydrogen-bond donors (Lipinski definition) is 2. The lowest BCUT2D eigenvalue weighted by molar-refractivity contribution is -0.224. The summed E-state index contributed by atoms with van der Waals surface area (Å²) in [5, 5.41) is 16.3. The molecule has 4 aromatic carbocycles. The summed E-state index contributed by atoms with van der Waals surface area (Å²) < 4.78 is 55.2. The minimum absolute atomic E-state index is 0.0497. The topological polar surface area (TPSA) is 77.0 Å². The van der Waals surface area contributed by atoms with Crippen molar-refractivity contribution >= 4 is 28.5 Å². The number of hydrogen-bond acceptors (Lipinski definition) is 7. The molecule has 43 heavy (non-hydrogen) atoms. The standard InChI is InChI=1S/C33H32F3NO5S/c34-33(35,36)32(39)42-31(30(38)21-43-28-8-2-1-3-9-28)41-26-13-11-23(12-14-26)29-16-17-37-19-25(29)20-40-27-15-10-22-6-4-5-7-24(22)18-27/h1-15,18,25,29-31,37-38H,16-17,19-21H2. The molecule has 0 aliphatic carbocycles. The van der Waals surface area contributed by atoms with Crippen LogP contribution in [0.3, 0.4) is 0 Å². The molecule has 2 N–H and O–H groups in total. The predicted molar refractivity (Wildman–Crippen MR) is 159 cm³/mol. The normalized spacial score (nSPS) is 18.5. The van der Waals surface area contributed by atoms with Crippen molar-refractivity contribution in [3.05, 3.63) is 103 Å². The van der Waals surface area contributed by atoms with E-state index in [1.807, 2.05) is 54.6 Å². The zero-order valence-corrected chi connectivity index (χ0v) is 24.0. The number of alkyl halides is 3. The lowest BCUT2D eigenvalue weighted by atomic mass is 9.81. The van der Waals surface area contributed by atoms with Gasteiger partial charge in [-0.15, -0.1) is 11.8 Å². The molecule has 1 aliphatic rings. The molecule has 1 saturated heterocycles. The number of piperidine rings is 1. The van der Waals surface area contributed by atoms with Gasteiger partial charge in [0.05, 0.1) is 6.61 Å².